The van der Waals surface area contributed by atoms with Gasteiger partial charge in [0.15, 0.2) is 5.82 Å². The Kier molecular flexibility index (Phi) is 8.01. The normalized spacial score (nSPS) is 12.0. The molecule has 0 aliphatic rings. The van der Waals surface area contributed by atoms with Gasteiger partial charge in [-0.25, -0.2) is 15.0 Å². The monoisotopic (exact) mass is 870 g/mol. The highest BCUT2D eigenvalue weighted by Gasteiger charge is 2.26. The summed E-state index contributed by atoms with van der Waals surface area (Å²) in [5, 5.41) is 20.3. The molecule has 0 unspecified atom stereocenters. The molecule has 0 spiro atoms. The van der Waals surface area contributed by atoms with Gasteiger partial charge in [0.25, 0.3) is 0 Å². The lowest BCUT2D eigenvalue weighted by Gasteiger charge is -2.20. The molecular weight excluding hydrogens is 833 g/mol. The van der Waals surface area contributed by atoms with Gasteiger partial charge in [-0.15, -0.1) is 0 Å². The van der Waals surface area contributed by atoms with E-state index in [2.05, 4.69) is 211 Å². The van der Waals surface area contributed by atoms with E-state index in [4.69, 9.17) is 9.97 Å². The third-order valence-electron chi connectivity index (χ3n) is 13.8. The molecule has 0 saturated carbocycles. The fourth-order valence-corrected chi connectivity index (χ4v) is 11.1. The van der Waals surface area contributed by atoms with Gasteiger partial charge in [0.2, 0.25) is 0 Å². The number of aryl methyl sites for hydroxylation is 2. The largest absolute Gasteiger partial charge is 0.309 e. The molecule has 0 fully saturated rings. The van der Waals surface area contributed by atoms with E-state index in [1.807, 2.05) is 26.0 Å². The second kappa shape index (κ2) is 14.3. The van der Waals surface area contributed by atoms with Crippen LogP contribution in [0.4, 0.5) is 0 Å². The van der Waals surface area contributed by atoms with Crippen LogP contribution in [-0.2, 0) is 0 Å². The smallest absolute Gasteiger partial charge is 0.167 e. The number of benzene rings is 9. The fourth-order valence-electron chi connectivity index (χ4n) is 11.1. The standard InChI is InChI=1S/C60H38N8/c1-36-62-37(2)64-60(63-36)59-57(67-53-25-13-7-19-45(53)47-29-27-39(33-55(47)67)65-49-21-9-3-15-41(49)42-16-4-10-22-50(42)65)31-38(35-61)32-58(59)68-54-26-14-8-20-46(54)48-30-28-40(34-56(48)68)66-51-23-11-5-17-43(51)44-18-6-12-24-52(44)66/h3-34H,1-2H3. The third kappa shape index (κ3) is 5.38. The lowest BCUT2D eigenvalue weighted by Crippen LogP contribution is -2.08. The topological polar surface area (TPSA) is 82.2 Å². The predicted octanol–water partition coefficient (Wildman–Crippen LogP) is 14.4. The summed E-state index contributed by atoms with van der Waals surface area (Å²) in [6, 6.07) is 71.6. The molecule has 0 amide bonds. The zero-order chi connectivity index (χ0) is 45.2. The first-order chi connectivity index (χ1) is 33.5. The van der Waals surface area contributed by atoms with Gasteiger partial charge < -0.3 is 18.3 Å². The van der Waals surface area contributed by atoms with E-state index in [1.165, 1.54) is 21.5 Å². The minimum Gasteiger partial charge on any atom is -0.309 e. The van der Waals surface area contributed by atoms with Crippen LogP contribution in [0.15, 0.2) is 194 Å². The van der Waals surface area contributed by atoms with Crippen LogP contribution >= 0.6 is 0 Å². The number of aromatic nitrogens is 7. The maximum Gasteiger partial charge on any atom is 0.167 e. The molecule has 0 aliphatic heterocycles. The first kappa shape index (κ1) is 38.0. The Hall–Kier alpha value is -9.32. The first-order valence-corrected chi connectivity index (χ1v) is 22.8. The van der Waals surface area contributed by atoms with Gasteiger partial charge >= 0.3 is 0 Å². The van der Waals surface area contributed by atoms with E-state index >= 15 is 0 Å². The summed E-state index contributed by atoms with van der Waals surface area (Å²) in [5.74, 6) is 1.75. The Bertz CT molecular complexity index is 4120. The van der Waals surface area contributed by atoms with Crippen molar-refractivity contribution in [1.82, 2.24) is 33.2 Å². The highest BCUT2D eigenvalue weighted by atomic mass is 15.1. The molecule has 14 rings (SSSR count). The summed E-state index contributed by atoms with van der Waals surface area (Å²) in [5.41, 5.74) is 13.5. The van der Waals surface area contributed by atoms with E-state index in [0.29, 0.717) is 23.0 Å². The molecule has 5 aromatic heterocycles. The number of nitrogens with zero attached hydrogens (tertiary/aromatic N) is 8. The van der Waals surface area contributed by atoms with E-state index in [-0.39, 0.29) is 0 Å². The Balaban J connectivity index is 1.12. The van der Waals surface area contributed by atoms with Crippen LogP contribution in [0.25, 0.3) is 121 Å². The highest BCUT2D eigenvalue weighted by molar-refractivity contribution is 6.15. The molecule has 0 aliphatic carbocycles. The van der Waals surface area contributed by atoms with Crippen molar-refractivity contribution in [3.8, 4) is 40.2 Å². The van der Waals surface area contributed by atoms with E-state index in [9.17, 15) is 5.26 Å². The number of nitriles is 1. The lowest BCUT2D eigenvalue weighted by atomic mass is 10.0. The average molecular weight is 871 g/mol. The molecule has 0 bridgehead atoms. The molecule has 14 aromatic rings. The van der Waals surface area contributed by atoms with Gasteiger partial charge in [-0.1, -0.05) is 121 Å². The summed E-state index contributed by atoms with van der Waals surface area (Å²) < 4.78 is 9.34. The third-order valence-corrected chi connectivity index (χ3v) is 13.8. The second-order valence-electron chi connectivity index (χ2n) is 17.6. The maximum atomic E-state index is 11.1. The molecule has 8 nitrogen and oxygen atoms in total. The van der Waals surface area contributed by atoms with Crippen LogP contribution in [0.1, 0.15) is 17.2 Å². The summed E-state index contributed by atoms with van der Waals surface area (Å²) in [7, 11) is 0. The molecular formula is C60H38N8. The van der Waals surface area contributed by atoms with E-state index < -0.39 is 0 Å². The first-order valence-electron chi connectivity index (χ1n) is 22.8. The molecule has 5 heterocycles. The van der Waals surface area contributed by atoms with Crippen LogP contribution in [0.5, 0.6) is 0 Å². The van der Waals surface area contributed by atoms with Crippen LogP contribution in [0.2, 0.25) is 0 Å². The Labute approximate surface area is 389 Å². The molecule has 0 N–H and O–H groups in total. The summed E-state index contributed by atoms with van der Waals surface area (Å²) in [6.07, 6.45) is 0. The average Bonchev–Trinajstić information content (AvgIpc) is 4.10. The Morgan fingerprint density at radius 1 is 0.338 bits per heavy atom. The summed E-state index contributed by atoms with van der Waals surface area (Å²) in [4.78, 5) is 14.9. The minimum absolute atomic E-state index is 0.509. The maximum absolute atomic E-state index is 11.1. The van der Waals surface area contributed by atoms with Crippen molar-refractivity contribution < 1.29 is 0 Å². The zero-order valence-electron chi connectivity index (χ0n) is 37.1. The van der Waals surface area contributed by atoms with E-state index in [1.54, 1.807) is 0 Å². The van der Waals surface area contributed by atoms with Crippen molar-refractivity contribution >= 4 is 87.2 Å². The van der Waals surface area contributed by atoms with Crippen LogP contribution < -0.4 is 0 Å². The molecule has 0 atom stereocenters. The molecule has 0 saturated heterocycles. The summed E-state index contributed by atoms with van der Waals surface area (Å²) >= 11 is 0. The van der Waals surface area contributed by atoms with Crippen LogP contribution in [0, 0.1) is 25.2 Å². The second-order valence-corrected chi connectivity index (χ2v) is 17.6. The summed E-state index contributed by atoms with van der Waals surface area (Å²) in [6.45, 7) is 3.83. The van der Waals surface area contributed by atoms with Crippen LogP contribution in [0.3, 0.4) is 0 Å². The SMILES string of the molecule is Cc1nc(C)nc(-c2c(-n3c4ccccc4c4ccc(-n5c6ccccc6c6ccccc65)cc43)cc(C#N)cc2-n2c3ccccc3c3ccc(-n4c5ccccc5c5ccccc54)cc32)n1. The quantitative estimate of drug-likeness (QED) is 0.172. The number of rotatable bonds is 5. The molecule has 0 radical (unpaired) electrons. The fraction of sp³-hybridized carbons (Fsp3) is 0.0333. The van der Waals surface area contributed by atoms with Gasteiger partial charge in [-0.3, -0.25) is 0 Å². The molecule has 318 valence electrons. The van der Waals surface area contributed by atoms with E-state index in [0.717, 1.165) is 94.0 Å². The Morgan fingerprint density at radius 2 is 0.647 bits per heavy atom. The van der Waals surface area contributed by atoms with Crippen LogP contribution in [-0.4, -0.2) is 33.2 Å². The lowest BCUT2D eigenvalue weighted by molar-refractivity contribution is 0.924. The van der Waals surface area contributed by atoms with Crippen molar-refractivity contribution in [1.29, 1.82) is 5.26 Å². The van der Waals surface area contributed by atoms with Crippen molar-refractivity contribution in [2.45, 2.75) is 13.8 Å². The number of para-hydroxylation sites is 6. The Morgan fingerprint density at radius 3 is 0.985 bits per heavy atom. The highest BCUT2D eigenvalue weighted by Crippen LogP contribution is 2.44. The van der Waals surface area contributed by atoms with Gasteiger partial charge in [0, 0.05) is 54.5 Å². The number of fused-ring (bicyclic) bond motifs is 12. The van der Waals surface area contributed by atoms with Crippen molar-refractivity contribution in [3.05, 3.63) is 211 Å². The predicted molar refractivity (Wildman–Crippen MR) is 277 cm³/mol. The van der Waals surface area contributed by atoms with Crippen molar-refractivity contribution in [2.24, 2.45) is 0 Å². The van der Waals surface area contributed by atoms with Crippen molar-refractivity contribution in [3.63, 3.8) is 0 Å². The minimum atomic E-state index is 0.509. The zero-order valence-corrected chi connectivity index (χ0v) is 37.1. The van der Waals surface area contributed by atoms with Gasteiger partial charge in [-0.2, -0.15) is 5.26 Å². The van der Waals surface area contributed by atoms with Gasteiger partial charge in [0.05, 0.1) is 72.7 Å². The van der Waals surface area contributed by atoms with Crippen molar-refractivity contribution in [2.75, 3.05) is 0 Å². The molecule has 9 aromatic carbocycles. The van der Waals surface area contributed by atoms with Gasteiger partial charge in [-0.05, 0) is 86.6 Å². The van der Waals surface area contributed by atoms with Gasteiger partial charge in [0.1, 0.15) is 11.6 Å². The molecule has 68 heavy (non-hydrogen) atoms. The molecule has 8 heteroatoms. The number of hydrogen-bond acceptors (Lipinski definition) is 4. The number of hydrogen-bond donors (Lipinski definition) is 0.